The zero-order valence-electron chi connectivity index (χ0n) is 18.7. The molecule has 1 aliphatic heterocycles. The summed E-state index contributed by atoms with van der Waals surface area (Å²) < 4.78 is 63.1. The van der Waals surface area contributed by atoms with Crippen molar-refractivity contribution in [1.29, 1.82) is 0 Å². The number of rotatable bonds is 5. The fourth-order valence-corrected chi connectivity index (χ4v) is 4.14. The summed E-state index contributed by atoms with van der Waals surface area (Å²) in [5.41, 5.74) is 0.203. The maximum absolute atomic E-state index is 15.2. The van der Waals surface area contributed by atoms with E-state index < -0.39 is 29.9 Å². The van der Waals surface area contributed by atoms with Gasteiger partial charge in [0.05, 0.1) is 18.0 Å². The van der Waals surface area contributed by atoms with Crippen LogP contribution in [-0.2, 0) is 0 Å². The summed E-state index contributed by atoms with van der Waals surface area (Å²) in [6.07, 6.45) is -1.08. The highest BCUT2D eigenvalue weighted by Crippen LogP contribution is 2.37. The van der Waals surface area contributed by atoms with Crippen LogP contribution in [0.5, 0.6) is 5.75 Å². The second-order valence-electron chi connectivity index (χ2n) is 8.07. The van der Waals surface area contributed by atoms with E-state index in [-0.39, 0.29) is 40.6 Å². The highest BCUT2D eigenvalue weighted by molar-refractivity contribution is 5.98. The number of para-hydroxylation sites is 1. The Kier molecular flexibility index (Phi) is 5.90. The topological polar surface area (TPSA) is 99.2 Å². The average Bonchev–Trinajstić information content (AvgIpc) is 3.60. The Labute approximate surface area is 201 Å². The molecule has 3 heterocycles. The Hall–Kier alpha value is -4.29. The zero-order chi connectivity index (χ0) is 25.4. The van der Waals surface area contributed by atoms with Crippen molar-refractivity contribution >= 4 is 5.91 Å². The number of nitrogens with zero attached hydrogens (tertiary/aromatic N) is 6. The number of aromatic nitrogens is 5. The van der Waals surface area contributed by atoms with Crippen LogP contribution in [0.3, 0.4) is 0 Å². The third-order valence-electron chi connectivity index (χ3n) is 5.76. The number of amides is 1. The molecule has 1 saturated heterocycles. The molecule has 36 heavy (non-hydrogen) atoms. The van der Waals surface area contributed by atoms with Gasteiger partial charge in [-0.25, -0.2) is 4.39 Å². The second-order valence-corrected chi connectivity index (χ2v) is 8.07. The Bertz CT molecular complexity index is 1400. The van der Waals surface area contributed by atoms with E-state index in [1.807, 2.05) is 0 Å². The Morgan fingerprint density at radius 1 is 1.14 bits per heavy atom. The van der Waals surface area contributed by atoms with E-state index in [0.717, 1.165) is 10.9 Å². The largest absolute Gasteiger partial charge is 0.573 e. The first-order chi connectivity index (χ1) is 17.2. The van der Waals surface area contributed by atoms with Crippen molar-refractivity contribution in [2.24, 2.45) is 0 Å². The monoisotopic (exact) mass is 502 g/mol. The van der Waals surface area contributed by atoms with Crippen LogP contribution in [0.25, 0.3) is 17.1 Å². The lowest BCUT2D eigenvalue weighted by molar-refractivity contribution is -0.274. The van der Waals surface area contributed by atoms with Crippen LogP contribution in [-0.4, -0.2) is 48.8 Å². The quantitative estimate of drug-likeness (QED) is 0.367. The van der Waals surface area contributed by atoms with Crippen LogP contribution in [0, 0.1) is 12.7 Å². The van der Waals surface area contributed by atoms with Gasteiger partial charge in [0.25, 0.3) is 5.91 Å². The van der Waals surface area contributed by atoms with Crippen LogP contribution in [0.4, 0.5) is 17.6 Å². The predicted octanol–water partition coefficient (Wildman–Crippen LogP) is 4.64. The summed E-state index contributed by atoms with van der Waals surface area (Å²) in [4.78, 5) is 20.4. The van der Waals surface area contributed by atoms with E-state index in [9.17, 15) is 18.0 Å². The molecule has 2 aromatic carbocycles. The number of hydrogen-bond acceptors (Lipinski definition) is 7. The number of alkyl halides is 3. The van der Waals surface area contributed by atoms with Gasteiger partial charge < -0.3 is 14.2 Å². The van der Waals surface area contributed by atoms with Crippen molar-refractivity contribution in [3.05, 3.63) is 71.6 Å². The van der Waals surface area contributed by atoms with Crippen LogP contribution in [0.15, 0.2) is 53.3 Å². The summed E-state index contributed by atoms with van der Waals surface area (Å²) in [5.74, 6) is -1.93. The molecule has 13 heteroatoms. The molecule has 1 amide bonds. The van der Waals surface area contributed by atoms with Gasteiger partial charge in [-0.1, -0.05) is 23.4 Å². The van der Waals surface area contributed by atoms with Crippen LogP contribution >= 0.6 is 0 Å². The molecule has 0 radical (unpaired) electrons. The lowest BCUT2D eigenvalue weighted by atomic mass is 10.1. The lowest BCUT2D eigenvalue weighted by Gasteiger charge is -2.23. The SMILES string of the molecule is Cc1ccc(-n2nccn2)c(C(=O)N2CCCC2c2nc(-c3ccccc3OC(F)(F)F)no2)c1F. The number of carbonyl (C=O) groups excluding carboxylic acids is 1. The summed E-state index contributed by atoms with van der Waals surface area (Å²) in [6, 6.07) is 7.76. The maximum Gasteiger partial charge on any atom is 0.573 e. The van der Waals surface area contributed by atoms with Gasteiger partial charge in [0.2, 0.25) is 11.7 Å². The molecular weight excluding hydrogens is 484 g/mol. The van der Waals surface area contributed by atoms with Gasteiger partial charge in [-0.3, -0.25) is 4.79 Å². The molecule has 2 aromatic heterocycles. The van der Waals surface area contributed by atoms with Gasteiger partial charge in [-0.05, 0) is 43.5 Å². The summed E-state index contributed by atoms with van der Waals surface area (Å²) >= 11 is 0. The summed E-state index contributed by atoms with van der Waals surface area (Å²) in [7, 11) is 0. The van der Waals surface area contributed by atoms with Crippen LogP contribution in [0.2, 0.25) is 0 Å². The third-order valence-corrected chi connectivity index (χ3v) is 5.76. The molecule has 1 unspecified atom stereocenters. The second kappa shape index (κ2) is 9.06. The first-order valence-corrected chi connectivity index (χ1v) is 10.9. The summed E-state index contributed by atoms with van der Waals surface area (Å²) in [6.45, 7) is 1.83. The number of carbonyl (C=O) groups is 1. The van der Waals surface area contributed by atoms with E-state index in [1.54, 1.807) is 13.0 Å². The number of aryl methyl sites for hydroxylation is 1. The van der Waals surface area contributed by atoms with Gasteiger partial charge in [0.15, 0.2) is 0 Å². The van der Waals surface area contributed by atoms with Gasteiger partial charge in [0.1, 0.15) is 28.9 Å². The molecule has 4 aromatic rings. The van der Waals surface area contributed by atoms with Crippen LogP contribution in [0.1, 0.15) is 40.7 Å². The van der Waals surface area contributed by atoms with E-state index in [0.29, 0.717) is 12.8 Å². The number of ether oxygens (including phenoxy) is 1. The van der Waals surface area contributed by atoms with Crippen molar-refractivity contribution in [2.45, 2.75) is 32.2 Å². The minimum absolute atomic E-state index is 0.0180. The zero-order valence-corrected chi connectivity index (χ0v) is 18.7. The fraction of sp³-hybridized carbons (Fsp3) is 0.261. The minimum atomic E-state index is -4.91. The van der Waals surface area contributed by atoms with Crippen LogP contribution < -0.4 is 4.74 Å². The van der Waals surface area contributed by atoms with E-state index >= 15 is 4.39 Å². The Morgan fingerprint density at radius 3 is 2.64 bits per heavy atom. The normalized spacial score (nSPS) is 15.9. The number of benzene rings is 2. The van der Waals surface area contributed by atoms with Crippen molar-refractivity contribution in [3.8, 4) is 22.8 Å². The molecule has 9 nitrogen and oxygen atoms in total. The Balaban J connectivity index is 1.48. The molecule has 186 valence electrons. The smallest absolute Gasteiger partial charge is 0.405 e. The molecule has 0 spiro atoms. The van der Waals surface area contributed by atoms with E-state index in [4.69, 9.17) is 4.52 Å². The number of likely N-dealkylation sites (tertiary alicyclic amines) is 1. The van der Waals surface area contributed by atoms with Gasteiger partial charge >= 0.3 is 6.36 Å². The highest BCUT2D eigenvalue weighted by Gasteiger charge is 2.38. The molecule has 1 aliphatic rings. The summed E-state index contributed by atoms with van der Waals surface area (Å²) in [5, 5.41) is 11.8. The highest BCUT2D eigenvalue weighted by atomic mass is 19.4. The Morgan fingerprint density at radius 2 is 1.89 bits per heavy atom. The first kappa shape index (κ1) is 23.5. The van der Waals surface area contributed by atoms with E-state index in [1.165, 1.54) is 41.6 Å². The van der Waals surface area contributed by atoms with Crippen molar-refractivity contribution in [3.63, 3.8) is 0 Å². The standard InChI is InChI=1S/C23H18F4N6O3/c1-13-8-9-15(33-28-10-11-29-33)18(19(13)24)22(34)32-12-4-6-16(32)21-30-20(31-36-21)14-5-2-3-7-17(14)35-23(25,26)27/h2-3,5,7-11,16H,4,6,12H2,1H3. The van der Waals surface area contributed by atoms with Gasteiger partial charge in [-0.15, -0.1) is 13.2 Å². The molecule has 0 bridgehead atoms. The third kappa shape index (κ3) is 4.39. The molecule has 0 aliphatic carbocycles. The van der Waals surface area contributed by atoms with Crippen molar-refractivity contribution < 1.29 is 31.6 Å². The predicted molar refractivity (Wildman–Crippen MR) is 115 cm³/mol. The molecule has 1 fully saturated rings. The number of halogens is 4. The number of hydrogen-bond donors (Lipinski definition) is 0. The van der Waals surface area contributed by atoms with E-state index in [2.05, 4.69) is 25.1 Å². The van der Waals surface area contributed by atoms with Gasteiger partial charge in [-0.2, -0.15) is 20.0 Å². The van der Waals surface area contributed by atoms with Crippen molar-refractivity contribution in [1.82, 2.24) is 30.0 Å². The lowest BCUT2D eigenvalue weighted by Crippen LogP contribution is -2.32. The molecule has 5 rings (SSSR count). The maximum atomic E-state index is 15.2. The first-order valence-electron chi connectivity index (χ1n) is 10.9. The molecule has 0 N–H and O–H groups in total. The molecule has 0 saturated carbocycles. The average molecular weight is 502 g/mol. The molecular formula is C23H18F4N6O3. The molecule has 1 atom stereocenters. The van der Waals surface area contributed by atoms with Crippen molar-refractivity contribution in [2.75, 3.05) is 6.54 Å². The fourth-order valence-electron chi connectivity index (χ4n) is 4.14. The minimum Gasteiger partial charge on any atom is -0.405 e. The van der Waals surface area contributed by atoms with Gasteiger partial charge in [0, 0.05) is 6.54 Å².